The van der Waals surface area contributed by atoms with E-state index < -0.39 is 0 Å². The number of fused-ring (bicyclic) bond motifs is 1. The Morgan fingerprint density at radius 1 is 1.39 bits per heavy atom. The van der Waals surface area contributed by atoms with Gasteiger partial charge in [0.25, 0.3) is 0 Å². The summed E-state index contributed by atoms with van der Waals surface area (Å²) < 4.78 is 5.82. The summed E-state index contributed by atoms with van der Waals surface area (Å²) in [7, 11) is 0. The van der Waals surface area contributed by atoms with Crippen LogP contribution >= 0.6 is 11.8 Å². The molecule has 0 radical (unpaired) electrons. The molecule has 0 amide bonds. The number of nitrogens with one attached hydrogen (secondary N) is 1. The average Bonchev–Trinajstić information content (AvgIpc) is 2.87. The molecule has 2 nitrogen and oxygen atoms in total. The molecule has 1 aliphatic heterocycles. The third-order valence-corrected chi connectivity index (χ3v) is 4.23. The minimum absolute atomic E-state index is 0.419. The van der Waals surface area contributed by atoms with Crippen LogP contribution in [-0.2, 0) is 6.42 Å². The number of para-hydroxylation sites is 1. The molecule has 0 saturated carbocycles. The standard InChI is InChI=1S/C15H23NOS/c1-3-9-16-14(11-18-4-2)13-7-5-6-12-8-10-17-15(12)13/h5-7,14,16H,3-4,8-11H2,1-2H3. The minimum Gasteiger partial charge on any atom is -0.493 e. The third kappa shape index (κ3) is 3.21. The Hall–Kier alpha value is -0.670. The quantitative estimate of drug-likeness (QED) is 0.816. The van der Waals surface area contributed by atoms with Gasteiger partial charge in [-0.2, -0.15) is 11.8 Å². The first-order valence-corrected chi connectivity index (χ1v) is 8.08. The summed E-state index contributed by atoms with van der Waals surface area (Å²) >= 11 is 1.99. The van der Waals surface area contributed by atoms with Crippen LogP contribution in [0.3, 0.4) is 0 Å². The van der Waals surface area contributed by atoms with E-state index in [1.165, 1.54) is 23.3 Å². The first-order chi connectivity index (χ1) is 8.86. The van der Waals surface area contributed by atoms with Crippen molar-refractivity contribution in [1.82, 2.24) is 5.32 Å². The molecule has 1 aliphatic rings. The van der Waals surface area contributed by atoms with Gasteiger partial charge < -0.3 is 10.1 Å². The van der Waals surface area contributed by atoms with Gasteiger partial charge in [-0.25, -0.2) is 0 Å². The number of benzene rings is 1. The zero-order chi connectivity index (χ0) is 12.8. The summed E-state index contributed by atoms with van der Waals surface area (Å²) in [5, 5.41) is 3.65. The highest BCUT2D eigenvalue weighted by Crippen LogP contribution is 2.34. The number of ether oxygens (including phenoxy) is 1. The van der Waals surface area contributed by atoms with Gasteiger partial charge in [-0.05, 0) is 24.3 Å². The molecule has 0 spiro atoms. The fraction of sp³-hybridized carbons (Fsp3) is 0.600. The molecule has 1 N–H and O–H groups in total. The van der Waals surface area contributed by atoms with Crippen molar-refractivity contribution >= 4 is 11.8 Å². The van der Waals surface area contributed by atoms with E-state index in [4.69, 9.17) is 4.74 Å². The Kier molecular flexibility index (Phi) is 5.39. The second kappa shape index (κ2) is 7.05. The van der Waals surface area contributed by atoms with E-state index in [1.54, 1.807) is 0 Å². The topological polar surface area (TPSA) is 21.3 Å². The van der Waals surface area contributed by atoms with Crippen molar-refractivity contribution in [2.45, 2.75) is 32.7 Å². The Morgan fingerprint density at radius 2 is 2.28 bits per heavy atom. The number of thioether (sulfide) groups is 1. The van der Waals surface area contributed by atoms with Gasteiger partial charge in [0.05, 0.1) is 6.61 Å². The molecule has 3 heteroatoms. The van der Waals surface area contributed by atoms with E-state index in [2.05, 4.69) is 37.4 Å². The summed E-state index contributed by atoms with van der Waals surface area (Å²) in [6.45, 7) is 6.34. The molecule has 1 unspecified atom stereocenters. The second-order valence-corrected chi connectivity index (χ2v) is 5.92. The number of hydrogen-bond acceptors (Lipinski definition) is 3. The summed E-state index contributed by atoms with van der Waals surface area (Å²) in [4.78, 5) is 0. The molecule has 100 valence electrons. The van der Waals surface area contributed by atoms with Gasteiger partial charge in [-0.3, -0.25) is 0 Å². The lowest BCUT2D eigenvalue weighted by Gasteiger charge is -2.20. The van der Waals surface area contributed by atoms with Gasteiger partial charge in [0.2, 0.25) is 0 Å². The normalized spacial score (nSPS) is 15.2. The minimum atomic E-state index is 0.419. The molecule has 2 rings (SSSR count). The van der Waals surface area contributed by atoms with Crippen molar-refractivity contribution in [3.8, 4) is 5.75 Å². The smallest absolute Gasteiger partial charge is 0.127 e. The molecule has 0 fully saturated rings. The van der Waals surface area contributed by atoms with Gasteiger partial charge in [0, 0.05) is 23.8 Å². The Bertz CT molecular complexity index is 373. The van der Waals surface area contributed by atoms with Gasteiger partial charge in [-0.1, -0.05) is 32.0 Å². The first-order valence-electron chi connectivity index (χ1n) is 6.92. The lowest BCUT2D eigenvalue weighted by Crippen LogP contribution is -2.24. The Balaban J connectivity index is 2.16. The molecular weight excluding hydrogens is 242 g/mol. The Labute approximate surface area is 114 Å². The first kappa shape index (κ1) is 13.8. The maximum Gasteiger partial charge on any atom is 0.127 e. The van der Waals surface area contributed by atoms with Crippen molar-refractivity contribution in [1.29, 1.82) is 0 Å². The highest BCUT2D eigenvalue weighted by atomic mass is 32.2. The molecule has 1 aromatic carbocycles. The fourth-order valence-corrected chi connectivity index (χ4v) is 3.10. The van der Waals surface area contributed by atoms with Crippen LogP contribution in [0.2, 0.25) is 0 Å². The molecule has 0 bridgehead atoms. The van der Waals surface area contributed by atoms with Gasteiger partial charge in [0.15, 0.2) is 0 Å². The number of hydrogen-bond donors (Lipinski definition) is 1. The summed E-state index contributed by atoms with van der Waals surface area (Å²) in [6, 6.07) is 6.99. The second-order valence-electron chi connectivity index (χ2n) is 4.60. The van der Waals surface area contributed by atoms with Crippen LogP contribution < -0.4 is 10.1 Å². The molecular formula is C15H23NOS. The summed E-state index contributed by atoms with van der Waals surface area (Å²) in [5.41, 5.74) is 2.72. The van der Waals surface area contributed by atoms with Crippen LogP contribution in [0.4, 0.5) is 0 Å². The van der Waals surface area contributed by atoms with Crippen LogP contribution in [0.1, 0.15) is 37.4 Å². The van der Waals surface area contributed by atoms with Crippen LogP contribution in [-0.4, -0.2) is 24.7 Å². The predicted molar refractivity (Wildman–Crippen MR) is 79.7 cm³/mol. The molecule has 0 aliphatic carbocycles. The lowest BCUT2D eigenvalue weighted by atomic mass is 10.0. The van der Waals surface area contributed by atoms with Gasteiger partial charge in [0.1, 0.15) is 5.75 Å². The summed E-state index contributed by atoms with van der Waals surface area (Å²) in [5.74, 6) is 3.43. The van der Waals surface area contributed by atoms with E-state index in [0.717, 1.165) is 31.1 Å². The van der Waals surface area contributed by atoms with E-state index in [1.807, 2.05) is 11.8 Å². The SMILES string of the molecule is CCCNC(CSCC)c1cccc2c1OCC2. The largest absolute Gasteiger partial charge is 0.493 e. The lowest BCUT2D eigenvalue weighted by molar-refractivity contribution is 0.349. The van der Waals surface area contributed by atoms with Crippen LogP contribution in [0.15, 0.2) is 18.2 Å². The number of rotatable bonds is 7. The Morgan fingerprint density at radius 3 is 3.06 bits per heavy atom. The molecule has 1 heterocycles. The van der Waals surface area contributed by atoms with Crippen LogP contribution in [0.5, 0.6) is 5.75 Å². The molecule has 0 saturated heterocycles. The zero-order valence-electron chi connectivity index (χ0n) is 11.4. The highest BCUT2D eigenvalue weighted by Gasteiger charge is 2.21. The monoisotopic (exact) mass is 265 g/mol. The maximum atomic E-state index is 5.82. The van der Waals surface area contributed by atoms with Crippen molar-refractivity contribution in [3.63, 3.8) is 0 Å². The van der Waals surface area contributed by atoms with Crippen molar-refractivity contribution in [3.05, 3.63) is 29.3 Å². The molecule has 0 aromatic heterocycles. The van der Waals surface area contributed by atoms with E-state index in [0.29, 0.717) is 6.04 Å². The maximum absolute atomic E-state index is 5.82. The molecule has 1 aromatic rings. The highest BCUT2D eigenvalue weighted by molar-refractivity contribution is 7.99. The zero-order valence-corrected chi connectivity index (χ0v) is 12.2. The molecule has 1 atom stereocenters. The van der Waals surface area contributed by atoms with Gasteiger partial charge in [-0.15, -0.1) is 0 Å². The third-order valence-electron chi connectivity index (χ3n) is 3.25. The predicted octanol–water partition coefficient (Wildman–Crippen LogP) is 3.42. The van der Waals surface area contributed by atoms with E-state index in [9.17, 15) is 0 Å². The van der Waals surface area contributed by atoms with E-state index >= 15 is 0 Å². The van der Waals surface area contributed by atoms with Gasteiger partial charge >= 0.3 is 0 Å². The average molecular weight is 265 g/mol. The van der Waals surface area contributed by atoms with Crippen LogP contribution in [0.25, 0.3) is 0 Å². The summed E-state index contributed by atoms with van der Waals surface area (Å²) in [6.07, 6.45) is 2.23. The fourth-order valence-electron chi connectivity index (χ4n) is 2.33. The molecule has 18 heavy (non-hydrogen) atoms. The van der Waals surface area contributed by atoms with E-state index in [-0.39, 0.29) is 0 Å². The van der Waals surface area contributed by atoms with Crippen molar-refractivity contribution < 1.29 is 4.74 Å². The van der Waals surface area contributed by atoms with Crippen molar-refractivity contribution in [2.24, 2.45) is 0 Å². The van der Waals surface area contributed by atoms with Crippen molar-refractivity contribution in [2.75, 3.05) is 24.7 Å². The van der Waals surface area contributed by atoms with Crippen LogP contribution in [0, 0.1) is 0 Å².